The van der Waals surface area contributed by atoms with E-state index in [2.05, 4.69) is 107 Å². The van der Waals surface area contributed by atoms with Gasteiger partial charge in [0.05, 0.1) is 5.69 Å². The van der Waals surface area contributed by atoms with Crippen molar-refractivity contribution >= 4 is 28.7 Å². The third-order valence-corrected chi connectivity index (χ3v) is 10.6. The lowest BCUT2D eigenvalue weighted by Crippen LogP contribution is -2.66. The summed E-state index contributed by atoms with van der Waals surface area (Å²) in [4.78, 5) is 2.80. The molecule has 6 bridgehead atoms. The van der Waals surface area contributed by atoms with Crippen LogP contribution in [0, 0.1) is 23.7 Å². The molecule has 2 nitrogen and oxygen atoms in total. The monoisotopic (exact) mass is 530 g/mol. The lowest BCUT2D eigenvalue weighted by atomic mass is 9.49. The van der Waals surface area contributed by atoms with Crippen LogP contribution in [0.25, 0.3) is 22.3 Å². The van der Waals surface area contributed by atoms with Gasteiger partial charge in [-0.25, -0.2) is 0 Å². The van der Waals surface area contributed by atoms with Crippen LogP contribution in [0.15, 0.2) is 97.1 Å². The molecule has 39 heavy (non-hydrogen) atoms. The normalized spacial score (nSPS) is 28.5. The van der Waals surface area contributed by atoms with Crippen LogP contribution >= 0.6 is 11.6 Å². The molecule has 0 aromatic heterocycles. The maximum Gasteiger partial charge on any atom is 0.0543 e. The zero-order valence-electron chi connectivity index (χ0n) is 22.3. The SMILES string of the molecule is Clc1cc(Nc2c(-c3ccccc3)cccc2-c2ccccc2)cc(N2C3CC4CC2C2CCCC4C2C3)c1. The smallest absolute Gasteiger partial charge is 0.0543 e. The van der Waals surface area contributed by atoms with Crippen molar-refractivity contribution in [1.82, 2.24) is 0 Å². The number of anilines is 3. The van der Waals surface area contributed by atoms with Crippen molar-refractivity contribution in [2.45, 2.75) is 50.6 Å². The molecule has 0 spiro atoms. The maximum absolute atomic E-state index is 6.88. The highest BCUT2D eigenvalue weighted by atomic mass is 35.5. The number of rotatable bonds is 5. The van der Waals surface area contributed by atoms with Crippen LogP contribution < -0.4 is 10.2 Å². The van der Waals surface area contributed by atoms with Gasteiger partial charge in [0.2, 0.25) is 0 Å². The molecule has 9 rings (SSSR count). The molecule has 0 amide bonds. The average molecular weight is 531 g/mol. The van der Waals surface area contributed by atoms with Crippen LogP contribution in [0.1, 0.15) is 38.5 Å². The lowest BCUT2D eigenvalue weighted by molar-refractivity contribution is -0.0593. The fourth-order valence-electron chi connectivity index (χ4n) is 9.00. The molecule has 6 atom stereocenters. The van der Waals surface area contributed by atoms with Gasteiger partial charge in [-0.2, -0.15) is 0 Å². The zero-order valence-corrected chi connectivity index (χ0v) is 23.0. The largest absolute Gasteiger partial charge is 0.365 e. The third kappa shape index (κ3) is 3.99. The Morgan fingerprint density at radius 3 is 2.08 bits per heavy atom. The van der Waals surface area contributed by atoms with Gasteiger partial charge in [-0.05, 0) is 85.1 Å². The van der Waals surface area contributed by atoms with E-state index in [1.165, 1.54) is 66.5 Å². The highest BCUT2D eigenvalue weighted by Crippen LogP contribution is 2.60. The van der Waals surface area contributed by atoms with E-state index in [0.717, 1.165) is 40.1 Å². The topological polar surface area (TPSA) is 15.3 Å². The third-order valence-electron chi connectivity index (χ3n) is 10.4. The minimum atomic E-state index is 0.673. The Hall–Kier alpha value is -3.23. The van der Waals surface area contributed by atoms with Crippen molar-refractivity contribution < 1.29 is 0 Å². The van der Waals surface area contributed by atoms with Crippen molar-refractivity contribution in [1.29, 1.82) is 0 Å². The summed E-state index contributed by atoms with van der Waals surface area (Å²) < 4.78 is 0. The molecule has 5 aliphatic rings. The number of para-hydroxylation sites is 1. The molecule has 0 radical (unpaired) electrons. The van der Waals surface area contributed by atoms with Crippen molar-refractivity contribution in [2.24, 2.45) is 23.7 Å². The molecular weight excluding hydrogens is 496 g/mol. The first kappa shape index (κ1) is 23.6. The standard InChI is InChI=1S/C36H35ClN2/c37-26-19-27(21-29(20-26)39-28-17-25-18-35(39)33-16-7-13-30(25)34(33)22-28)38-36-31(23-9-3-1-4-10-23)14-8-15-32(36)24-11-5-2-6-12-24/h1-6,8-12,14-15,19-21,25,28,30,33-35,38H,7,13,16-18,22H2. The molecule has 1 N–H and O–H groups in total. The van der Waals surface area contributed by atoms with E-state index in [0.29, 0.717) is 12.1 Å². The Morgan fingerprint density at radius 2 is 1.36 bits per heavy atom. The minimum Gasteiger partial charge on any atom is -0.365 e. The van der Waals surface area contributed by atoms with Crippen molar-refractivity contribution in [3.05, 3.63) is 102 Å². The van der Waals surface area contributed by atoms with E-state index in [9.17, 15) is 0 Å². The Balaban J connectivity index is 1.20. The van der Waals surface area contributed by atoms with Crippen LogP contribution in [0.4, 0.5) is 17.1 Å². The van der Waals surface area contributed by atoms with Crippen LogP contribution in [0.2, 0.25) is 5.02 Å². The number of hydrogen-bond donors (Lipinski definition) is 1. The molecule has 3 saturated carbocycles. The van der Waals surface area contributed by atoms with Gasteiger partial charge in [0.25, 0.3) is 0 Å². The summed E-state index contributed by atoms with van der Waals surface area (Å²) in [5, 5.41) is 4.68. The van der Waals surface area contributed by atoms with Crippen LogP contribution in [-0.2, 0) is 0 Å². The van der Waals surface area contributed by atoms with E-state index in [1.54, 1.807) is 0 Å². The Morgan fingerprint density at radius 1 is 0.667 bits per heavy atom. The lowest BCUT2D eigenvalue weighted by Gasteiger charge is -2.66. The molecule has 4 aromatic carbocycles. The molecule has 2 aliphatic heterocycles. The van der Waals surface area contributed by atoms with E-state index in [1.807, 2.05) is 0 Å². The summed E-state index contributed by atoms with van der Waals surface area (Å²) in [6, 6.07) is 36.0. The number of hydrogen-bond acceptors (Lipinski definition) is 2. The van der Waals surface area contributed by atoms with Gasteiger partial charge in [0.1, 0.15) is 0 Å². The van der Waals surface area contributed by atoms with Gasteiger partial charge in [0.15, 0.2) is 0 Å². The van der Waals surface area contributed by atoms with Gasteiger partial charge in [-0.15, -0.1) is 0 Å². The van der Waals surface area contributed by atoms with Gasteiger partial charge >= 0.3 is 0 Å². The van der Waals surface area contributed by atoms with E-state index >= 15 is 0 Å². The second kappa shape index (κ2) is 9.45. The second-order valence-corrected chi connectivity index (χ2v) is 12.7. The fraction of sp³-hybridized carbons (Fsp3) is 0.333. The summed E-state index contributed by atoms with van der Waals surface area (Å²) >= 11 is 6.88. The Bertz CT molecular complexity index is 1440. The minimum absolute atomic E-state index is 0.673. The summed E-state index contributed by atoms with van der Waals surface area (Å²) in [6.45, 7) is 0. The van der Waals surface area contributed by atoms with Crippen molar-refractivity contribution in [3.8, 4) is 22.3 Å². The number of nitrogens with zero attached hydrogens (tertiary/aromatic N) is 1. The number of halogens is 1. The van der Waals surface area contributed by atoms with Gasteiger partial charge < -0.3 is 10.2 Å². The summed E-state index contributed by atoms with van der Waals surface area (Å²) in [6.07, 6.45) is 8.46. The summed E-state index contributed by atoms with van der Waals surface area (Å²) in [5.74, 6) is 3.81. The average Bonchev–Trinajstić information content (AvgIpc) is 2.96. The molecule has 3 heteroatoms. The zero-order chi connectivity index (χ0) is 25.9. The van der Waals surface area contributed by atoms with Crippen LogP contribution in [0.3, 0.4) is 0 Å². The molecule has 5 fully saturated rings. The molecule has 196 valence electrons. The quantitative estimate of drug-likeness (QED) is 0.276. The van der Waals surface area contributed by atoms with Crippen LogP contribution in [0.5, 0.6) is 0 Å². The molecule has 2 saturated heterocycles. The van der Waals surface area contributed by atoms with Gasteiger partial charge in [0, 0.05) is 39.6 Å². The van der Waals surface area contributed by atoms with Crippen LogP contribution in [-0.4, -0.2) is 12.1 Å². The fourth-order valence-corrected chi connectivity index (χ4v) is 9.23. The number of benzene rings is 4. The molecular formula is C36H35ClN2. The van der Waals surface area contributed by atoms with E-state index in [4.69, 9.17) is 11.6 Å². The first-order valence-corrected chi connectivity index (χ1v) is 15.2. The van der Waals surface area contributed by atoms with Gasteiger partial charge in [-0.1, -0.05) is 96.9 Å². The second-order valence-electron chi connectivity index (χ2n) is 12.3. The first-order chi connectivity index (χ1) is 19.2. The predicted molar refractivity (Wildman–Crippen MR) is 164 cm³/mol. The Labute approximate surface area is 237 Å². The molecule has 2 heterocycles. The summed E-state index contributed by atoms with van der Waals surface area (Å²) in [7, 11) is 0. The number of nitrogens with one attached hydrogen (secondary N) is 1. The van der Waals surface area contributed by atoms with Gasteiger partial charge in [-0.3, -0.25) is 0 Å². The van der Waals surface area contributed by atoms with Crippen molar-refractivity contribution in [3.63, 3.8) is 0 Å². The predicted octanol–water partition coefficient (Wildman–Crippen LogP) is 9.82. The highest BCUT2D eigenvalue weighted by Gasteiger charge is 2.57. The maximum atomic E-state index is 6.88. The highest BCUT2D eigenvalue weighted by molar-refractivity contribution is 6.31. The first-order valence-electron chi connectivity index (χ1n) is 14.8. The molecule has 3 aliphatic carbocycles. The van der Waals surface area contributed by atoms with E-state index in [-0.39, 0.29) is 0 Å². The summed E-state index contributed by atoms with van der Waals surface area (Å²) in [5.41, 5.74) is 8.29. The van der Waals surface area contributed by atoms with Crippen molar-refractivity contribution in [2.75, 3.05) is 10.2 Å². The Kier molecular flexibility index (Phi) is 5.73. The van der Waals surface area contributed by atoms with E-state index < -0.39 is 0 Å². The number of piperidine rings is 2. The molecule has 6 unspecified atom stereocenters. The molecule has 4 aromatic rings.